The standard InChI is InChI=1S/C31H31N/c1-6-29-27(28-15-9-10-17-30(28)32(29)5)16-11-12-20-31(4)21-18-24(3)26(19-22-31)25-14-8-7-13-23(25)2/h6-22H,1H2,2-5H3/b16-11-,20-12+. The molecule has 0 fully saturated rings. The minimum atomic E-state index is -0.143. The van der Waals surface area contributed by atoms with E-state index in [9.17, 15) is 0 Å². The van der Waals surface area contributed by atoms with Gasteiger partial charge in [-0.05, 0) is 55.2 Å². The van der Waals surface area contributed by atoms with Gasteiger partial charge in [0.1, 0.15) is 0 Å². The number of aryl methyl sites for hydroxylation is 2. The molecule has 0 aliphatic heterocycles. The van der Waals surface area contributed by atoms with Gasteiger partial charge in [-0.15, -0.1) is 0 Å². The SMILES string of the molecule is C=Cc1c(/C=C\C=C\C2(C)C=CC(C)=C(c3ccccc3C)C=C2)c2ccccc2n1C. The number of nitrogens with zero attached hydrogens (tertiary/aromatic N) is 1. The summed E-state index contributed by atoms with van der Waals surface area (Å²) in [7, 11) is 2.09. The lowest BCUT2D eigenvalue weighted by Crippen LogP contribution is -2.04. The Hall–Kier alpha value is -3.58. The van der Waals surface area contributed by atoms with Crippen LogP contribution in [0.4, 0.5) is 0 Å². The van der Waals surface area contributed by atoms with E-state index >= 15 is 0 Å². The van der Waals surface area contributed by atoms with Crippen molar-refractivity contribution >= 4 is 28.6 Å². The van der Waals surface area contributed by atoms with Crippen LogP contribution in [0.1, 0.15) is 36.2 Å². The van der Waals surface area contributed by atoms with E-state index in [0.29, 0.717) is 0 Å². The van der Waals surface area contributed by atoms with Crippen LogP contribution < -0.4 is 0 Å². The number of allylic oxidation sites excluding steroid dienone is 9. The molecule has 1 aromatic heterocycles. The summed E-state index contributed by atoms with van der Waals surface area (Å²) < 4.78 is 2.20. The summed E-state index contributed by atoms with van der Waals surface area (Å²) in [6.45, 7) is 10.6. The largest absolute Gasteiger partial charge is 0.344 e. The molecule has 4 rings (SSSR count). The summed E-state index contributed by atoms with van der Waals surface area (Å²) >= 11 is 0. The molecule has 1 atom stereocenters. The lowest BCUT2D eigenvalue weighted by atomic mass is 9.89. The Bertz CT molecular complexity index is 1320. The van der Waals surface area contributed by atoms with E-state index < -0.39 is 0 Å². The highest BCUT2D eigenvalue weighted by atomic mass is 14.9. The zero-order chi connectivity index (χ0) is 22.7. The quantitative estimate of drug-likeness (QED) is 0.368. The number of para-hydroxylation sites is 1. The summed E-state index contributed by atoms with van der Waals surface area (Å²) in [5.41, 5.74) is 8.60. The molecule has 1 nitrogen and oxygen atoms in total. The van der Waals surface area contributed by atoms with E-state index in [0.717, 1.165) is 5.69 Å². The molecule has 0 bridgehead atoms. The molecule has 1 unspecified atom stereocenters. The van der Waals surface area contributed by atoms with E-state index in [1.54, 1.807) is 0 Å². The molecule has 0 spiro atoms. The van der Waals surface area contributed by atoms with Crippen molar-refractivity contribution in [1.29, 1.82) is 0 Å². The molecular formula is C31H31N. The molecule has 2 aromatic carbocycles. The van der Waals surface area contributed by atoms with Crippen LogP contribution >= 0.6 is 0 Å². The first kappa shape index (κ1) is 21.6. The normalized spacial score (nSPS) is 18.9. The zero-order valence-corrected chi connectivity index (χ0v) is 19.5. The third-order valence-electron chi connectivity index (χ3n) is 6.38. The van der Waals surface area contributed by atoms with Crippen molar-refractivity contribution in [3.05, 3.63) is 126 Å². The van der Waals surface area contributed by atoms with Gasteiger partial charge in [-0.2, -0.15) is 0 Å². The average molecular weight is 418 g/mol. The van der Waals surface area contributed by atoms with E-state index in [1.165, 1.54) is 38.7 Å². The van der Waals surface area contributed by atoms with Crippen molar-refractivity contribution in [3.8, 4) is 0 Å². The molecule has 32 heavy (non-hydrogen) atoms. The van der Waals surface area contributed by atoms with Gasteiger partial charge in [0.25, 0.3) is 0 Å². The average Bonchev–Trinajstić information content (AvgIpc) is 2.98. The summed E-state index contributed by atoms with van der Waals surface area (Å²) in [5, 5.41) is 1.25. The molecule has 0 saturated carbocycles. The molecule has 160 valence electrons. The van der Waals surface area contributed by atoms with Crippen LogP contribution in [0, 0.1) is 12.3 Å². The van der Waals surface area contributed by atoms with Gasteiger partial charge in [-0.1, -0.05) is 97.7 Å². The summed E-state index contributed by atoms with van der Waals surface area (Å²) in [6, 6.07) is 17.1. The smallest absolute Gasteiger partial charge is 0.0488 e. The molecule has 3 aromatic rings. The van der Waals surface area contributed by atoms with Crippen molar-refractivity contribution < 1.29 is 0 Å². The number of aromatic nitrogens is 1. The maximum atomic E-state index is 4.02. The molecule has 0 saturated heterocycles. The molecular weight excluding hydrogens is 386 g/mol. The fraction of sp³-hybridized carbons (Fsp3) is 0.161. The molecule has 0 amide bonds. The number of hydrogen-bond acceptors (Lipinski definition) is 0. The Balaban J connectivity index is 1.60. The van der Waals surface area contributed by atoms with E-state index in [4.69, 9.17) is 0 Å². The predicted molar refractivity (Wildman–Crippen MR) is 141 cm³/mol. The Labute approximate surface area is 192 Å². The van der Waals surface area contributed by atoms with Crippen molar-refractivity contribution in [3.63, 3.8) is 0 Å². The van der Waals surface area contributed by atoms with E-state index in [1.807, 2.05) is 6.08 Å². The zero-order valence-electron chi connectivity index (χ0n) is 19.5. The topological polar surface area (TPSA) is 4.93 Å². The minimum Gasteiger partial charge on any atom is -0.344 e. The van der Waals surface area contributed by atoms with Crippen LogP contribution in [-0.4, -0.2) is 4.57 Å². The third-order valence-corrected chi connectivity index (χ3v) is 6.38. The first-order valence-corrected chi connectivity index (χ1v) is 11.1. The lowest BCUT2D eigenvalue weighted by molar-refractivity contribution is 0.718. The summed E-state index contributed by atoms with van der Waals surface area (Å²) in [4.78, 5) is 0. The van der Waals surface area contributed by atoms with Crippen LogP contribution in [0.3, 0.4) is 0 Å². The fourth-order valence-corrected chi connectivity index (χ4v) is 4.41. The Morgan fingerprint density at radius 3 is 2.41 bits per heavy atom. The van der Waals surface area contributed by atoms with E-state index in [2.05, 4.69) is 136 Å². The molecule has 1 aliphatic rings. The van der Waals surface area contributed by atoms with Crippen LogP contribution in [0.25, 0.3) is 28.6 Å². The second kappa shape index (κ2) is 8.88. The second-order valence-corrected chi connectivity index (χ2v) is 8.74. The number of fused-ring (bicyclic) bond motifs is 1. The Morgan fingerprint density at radius 2 is 1.62 bits per heavy atom. The first-order chi connectivity index (χ1) is 15.4. The van der Waals surface area contributed by atoms with Gasteiger partial charge in [-0.25, -0.2) is 0 Å². The second-order valence-electron chi connectivity index (χ2n) is 8.74. The highest BCUT2D eigenvalue weighted by Crippen LogP contribution is 2.33. The van der Waals surface area contributed by atoms with Gasteiger partial charge in [-0.3, -0.25) is 0 Å². The fourth-order valence-electron chi connectivity index (χ4n) is 4.41. The molecule has 1 heteroatoms. The van der Waals surface area contributed by atoms with E-state index in [-0.39, 0.29) is 5.41 Å². The Morgan fingerprint density at radius 1 is 0.906 bits per heavy atom. The predicted octanol–water partition coefficient (Wildman–Crippen LogP) is 8.31. The molecule has 0 radical (unpaired) electrons. The van der Waals surface area contributed by atoms with Gasteiger partial charge in [0.2, 0.25) is 0 Å². The van der Waals surface area contributed by atoms with Crippen molar-refractivity contribution in [2.75, 3.05) is 0 Å². The van der Waals surface area contributed by atoms with Gasteiger partial charge < -0.3 is 4.57 Å². The highest BCUT2D eigenvalue weighted by Gasteiger charge is 2.17. The van der Waals surface area contributed by atoms with Gasteiger partial charge in [0, 0.05) is 34.6 Å². The monoisotopic (exact) mass is 417 g/mol. The number of benzene rings is 2. The lowest BCUT2D eigenvalue weighted by Gasteiger charge is -2.15. The molecule has 0 N–H and O–H groups in total. The van der Waals surface area contributed by atoms with Crippen molar-refractivity contribution in [2.45, 2.75) is 20.8 Å². The highest BCUT2D eigenvalue weighted by molar-refractivity contribution is 5.94. The summed E-state index contributed by atoms with van der Waals surface area (Å²) in [5.74, 6) is 0. The molecule has 1 aliphatic carbocycles. The summed E-state index contributed by atoms with van der Waals surface area (Å²) in [6.07, 6.45) is 19.7. The molecule has 1 heterocycles. The third kappa shape index (κ3) is 4.11. The van der Waals surface area contributed by atoms with Crippen LogP contribution in [0.2, 0.25) is 0 Å². The van der Waals surface area contributed by atoms with Crippen LogP contribution in [0.15, 0.2) is 103 Å². The number of rotatable bonds is 5. The van der Waals surface area contributed by atoms with Gasteiger partial charge in [0.05, 0.1) is 0 Å². The maximum Gasteiger partial charge on any atom is 0.0488 e. The Kier molecular flexibility index (Phi) is 6.01. The van der Waals surface area contributed by atoms with Crippen LogP contribution in [-0.2, 0) is 7.05 Å². The van der Waals surface area contributed by atoms with Crippen LogP contribution in [0.5, 0.6) is 0 Å². The minimum absolute atomic E-state index is 0.143. The maximum absolute atomic E-state index is 4.02. The van der Waals surface area contributed by atoms with Crippen molar-refractivity contribution in [2.24, 2.45) is 12.5 Å². The van der Waals surface area contributed by atoms with Gasteiger partial charge >= 0.3 is 0 Å². The van der Waals surface area contributed by atoms with Gasteiger partial charge in [0.15, 0.2) is 0 Å². The van der Waals surface area contributed by atoms with Crippen molar-refractivity contribution in [1.82, 2.24) is 4.57 Å². The number of hydrogen-bond donors (Lipinski definition) is 0. The first-order valence-electron chi connectivity index (χ1n) is 11.1.